The molecule has 0 N–H and O–H groups in total. The molecular formula is C47H31NO3. The second kappa shape index (κ2) is 11.7. The first kappa shape index (κ1) is 29.2. The van der Waals surface area contributed by atoms with Crippen LogP contribution in [0.5, 0.6) is 0 Å². The number of furan rings is 3. The van der Waals surface area contributed by atoms with Gasteiger partial charge in [-0.2, -0.15) is 0 Å². The molecular weight excluding hydrogens is 627 g/mol. The van der Waals surface area contributed by atoms with E-state index in [1.165, 1.54) is 5.56 Å². The lowest BCUT2D eigenvalue weighted by molar-refractivity contribution is 0.628. The molecule has 4 heteroatoms. The molecule has 0 unspecified atom stereocenters. The molecule has 0 radical (unpaired) electrons. The van der Waals surface area contributed by atoms with E-state index < -0.39 is 0 Å². The van der Waals surface area contributed by atoms with Gasteiger partial charge < -0.3 is 18.2 Å². The molecule has 7 aromatic carbocycles. The fraction of sp³-hybridized carbons (Fsp3) is 0.0213. The summed E-state index contributed by atoms with van der Waals surface area (Å²) in [6, 6.07) is 58.7. The Hall–Kier alpha value is -6.78. The Morgan fingerprint density at radius 2 is 0.863 bits per heavy atom. The van der Waals surface area contributed by atoms with Crippen LogP contribution in [0.3, 0.4) is 0 Å². The standard InChI is InChI=1S/C47H31NO3/c1-30-17-19-32(20-18-30)42-28-39-41(49-42)26-25-37-38-27-43(50-46(38)40-29-44(51-47(40)45(37)39)31-11-5-2-6-12-31)33-21-23-36(24-22-33)48(34-13-7-3-8-14-34)35-15-9-4-10-16-35/h2-29H,1H3. The molecule has 3 aromatic heterocycles. The Kier molecular flexibility index (Phi) is 6.68. The van der Waals surface area contributed by atoms with Gasteiger partial charge in [0.05, 0.1) is 5.39 Å². The minimum Gasteiger partial charge on any atom is -0.456 e. The number of hydrogen-bond donors (Lipinski definition) is 0. The van der Waals surface area contributed by atoms with Gasteiger partial charge in [0.2, 0.25) is 0 Å². The Labute approximate surface area is 294 Å². The monoisotopic (exact) mass is 657 g/mol. The largest absolute Gasteiger partial charge is 0.456 e. The van der Waals surface area contributed by atoms with E-state index in [9.17, 15) is 0 Å². The van der Waals surface area contributed by atoms with Crippen molar-refractivity contribution in [3.63, 3.8) is 0 Å². The maximum absolute atomic E-state index is 6.80. The van der Waals surface area contributed by atoms with Gasteiger partial charge in [0.1, 0.15) is 34.0 Å². The number of anilines is 3. The van der Waals surface area contributed by atoms with Gasteiger partial charge in [-0.15, -0.1) is 0 Å². The number of aryl methyl sites for hydroxylation is 1. The van der Waals surface area contributed by atoms with Crippen LogP contribution in [0, 0.1) is 6.92 Å². The average molecular weight is 658 g/mol. The van der Waals surface area contributed by atoms with Crippen molar-refractivity contribution in [1.29, 1.82) is 0 Å². The van der Waals surface area contributed by atoms with Crippen LogP contribution in [-0.2, 0) is 0 Å². The van der Waals surface area contributed by atoms with Crippen molar-refractivity contribution in [2.45, 2.75) is 6.92 Å². The van der Waals surface area contributed by atoms with Gasteiger partial charge in [-0.3, -0.25) is 0 Å². The van der Waals surface area contributed by atoms with Crippen molar-refractivity contribution in [3.05, 3.63) is 175 Å². The average Bonchev–Trinajstić information content (AvgIpc) is 3.94. The third-order valence-corrected chi connectivity index (χ3v) is 9.76. The molecule has 0 spiro atoms. The van der Waals surface area contributed by atoms with Gasteiger partial charge >= 0.3 is 0 Å². The fourth-order valence-electron chi connectivity index (χ4n) is 7.24. The van der Waals surface area contributed by atoms with Crippen LogP contribution in [0.4, 0.5) is 17.1 Å². The molecule has 4 nitrogen and oxygen atoms in total. The van der Waals surface area contributed by atoms with Gasteiger partial charge in [-0.25, -0.2) is 0 Å². The number of hydrogen-bond acceptors (Lipinski definition) is 4. The normalized spacial score (nSPS) is 11.6. The van der Waals surface area contributed by atoms with Crippen LogP contribution in [0.1, 0.15) is 5.56 Å². The highest BCUT2D eigenvalue weighted by Gasteiger charge is 2.22. The summed E-state index contributed by atoms with van der Waals surface area (Å²) < 4.78 is 20.0. The summed E-state index contributed by atoms with van der Waals surface area (Å²) in [6.45, 7) is 2.09. The highest BCUT2D eigenvalue weighted by molar-refractivity contribution is 6.29. The SMILES string of the molecule is Cc1ccc(-c2cc3c(ccc4c5cc(-c6ccc(N(c7ccccc7)c7ccccc7)cc6)oc5c5cc(-c6ccccc6)oc5c34)o2)cc1. The van der Waals surface area contributed by atoms with Gasteiger partial charge in [-0.05, 0) is 91.2 Å². The highest BCUT2D eigenvalue weighted by Crippen LogP contribution is 2.46. The summed E-state index contributed by atoms with van der Waals surface area (Å²) in [5.41, 5.74) is 9.93. The zero-order chi connectivity index (χ0) is 33.9. The molecule has 10 rings (SSSR count). The van der Waals surface area contributed by atoms with E-state index in [0.717, 1.165) is 94.7 Å². The van der Waals surface area contributed by atoms with Crippen LogP contribution < -0.4 is 4.90 Å². The highest BCUT2D eigenvalue weighted by atomic mass is 16.4. The summed E-state index contributed by atoms with van der Waals surface area (Å²) in [7, 11) is 0. The van der Waals surface area contributed by atoms with Crippen LogP contribution in [0.25, 0.3) is 77.7 Å². The number of benzene rings is 7. The van der Waals surface area contributed by atoms with E-state index in [2.05, 4.69) is 151 Å². The maximum atomic E-state index is 6.80. The molecule has 10 aromatic rings. The number of rotatable bonds is 6. The predicted molar refractivity (Wildman–Crippen MR) is 209 cm³/mol. The minimum atomic E-state index is 0.788. The molecule has 0 aliphatic rings. The lowest BCUT2D eigenvalue weighted by Crippen LogP contribution is -2.09. The number of para-hydroxylation sites is 2. The summed E-state index contributed by atoms with van der Waals surface area (Å²) >= 11 is 0. The first-order valence-corrected chi connectivity index (χ1v) is 17.2. The molecule has 242 valence electrons. The van der Waals surface area contributed by atoms with Crippen molar-refractivity contribution in [3.8, 4) is 34.0 Å². The Bertz CT molecular complexity index is 2790. The third kappa shape index (κ3) is 4.92. The molecule has 3 heterocycles. The first-order chi connectivity index (χ1) is 25.2. The van der Waals surface area contributed by atoms with Crippen LogP contribution >= 0.6 is 0 Å². The predicted octanol–water partition coefficient (Wildman–Crippen LogP) is 13.9. The molecule has 51 heavy (non-hydrogen) atoms. The van der Waals surface area contributed by atoms with Crippen LogP contribution in [0.15, 0.2) is 183 Å². The molecule has 0 aliphatic heterocycles. The zero-order valence-corrected chi connectivity index (χ0v) is 27.8. The van der Waals surface area contributed by atoms with Gasteiger partial charge in [0, 0.05) is 49.9 Å². The minimum absolute atomic E-state index is 0.788. The topological polar surface area (TPSA) is 42.7 Å². The van der Waals surface area contributed by atoms with E-state index in [0.29, 0.717) is 0 Å². The van der Waals surface area contributed by atoms with E-state index in [1.54, 1.807) is 0 Å². The molecule has 0 saturated carbocycles. The van der Waals surface area contributed by atoms with E-state index in [1.807, 2.05) is 30.3 Å². The van der Waals surface area contributed by atoms with Crippen molar-refractivity contribution >= 4 is 60.7 Å². The van der Waals surface area contributed by atoms with Crippen molar-refractivity contribution in [2.24, 2.45) is 0 Å². The van der Waals surface area contributed by atoms with Crippen molar-refractivity contribution in [2.75, 3.05) is 4.90 Å². The van der Waals surface area contributed by atoms with Gasteiger partial charge in [0.25, 0.3) is 0 Å². The Balaban J connectivity index is 1.16. The summed E-state index contributed by atoms with van der Waals surface area (Å²) in [5, 5.41) is 5.05. The number of fused-ring (bicyclic) bond motifs is 8. The molecule has 0 fully saturated rings. The quantitative estimate of drug-likeness (QED) is 0.178. The third-order valence-electron chi connectivity index (χ3n) is 9.76. The second-order valence-electron chi connectivity index (χ2n) is 13.0. The smallest absolute Gasteiger partial charge is 0.147 e. The molecule has 0 saturated heterocycles. The summed E-state index contributed by atoms with van der Waals surface area (Å²) in [6.07, 6.45) is 0. The molecule has 0 amide bonds. The Morgan fingerprint density at radius 1 is 0.373 bits per heavy atom. The Morgan fingerprint density at radius 3 is 1.51 bits per heavy atom. The maximum Gasteiger partial charge on any atom is 0.147 e. The van der Waals surface area contributed by atoms with E-state index in [4.69, 9.17) is 13.3 Å². The van der Waals surface area contributed by atoms with Crippen LogP contribution in [-0.4, -0.2) is 0 Å². The summed E-state index contributed by atoms with van der Waals surface area (Å²) in [5.74, 6) is 2.42. The van der Waals surface area contributed by atoms with Gasteiger partial charge in [0.15, 0.2) is 0 Å². The van der Waals surface area contributed by atoms with E-state index in [-0.39, 0.29) is 0 Å². The second-order valence-corrected chi connectivity index (χ2v) is 13.0. The molecule has 0 bridgehead atoms. The van der Waals surface area contributed by atoms with Crippen molar-refractivity contribution < 1.29 is 13.3 Å². The summed E-state index contributed by atoms with van der Waals surface area (Å²) in [4.78, 5) is 2.26. The molecule has 0 atom stereocenters. The zero-order valence-electron chi connectivity index (χ0n) is 27.8. The number of nitrogens with zero attached hydrogens (tertiary/aromatic N) is 1. The van der Waals surface area contributed by atoms with Gasteiger partial charge in [-0.1, -0.05) is 96.6 Å². The lowest BCUT2D eigenvalue weighted by atomic mass is 9.99. The van der Waals surface area contributed by atoms with Crippen molar-refractivity contribution in [1.82, 2.24) is 0 Å². The van der Waals surface area contributed by atoms with Crippen LogP contribution in [0.2, 0.25) is 0 Å². The van der Waals surface area contributed by atoms with E-state index >= 15 is 0 Å². The fourth-order valence-corrected chi connectivity index (χ4v) is 7.24. The lowest BCUT2D eigenvalue weighted by Gasteiger charge is -2.25. The molecule has 0 aliphatic carbocycles. The first-order valence-electron chi connectivity index (χ1n) is 17.2.